The Bertz CT molecular complexity index is 492. The third kappa shape index (κ3) is 5.84. The first-order chi connectivity index (χ1) is 8.42. The van der Waals surface area contributed by atoms with Gasteiger partial charge in [-0.1, -0.05) is 11.6 Å². The number of nitrogens with one attached hydrogen (secondary N) is 2. The van der Waals surface area contributed by atoms with Crippen LogP contribution in [0.2, 0.25) is 5.02 Å². The highest BCUT2D eigenvalue weighted by molar-refractivity contribution is 7.98. The zero-order valence-corrected chi connectivity index (χ0v) is 12.8. The van der Waals surface area contributed by atoms with Crippen molar-refractivity contribution in [2.24, 2.45) is 0 Å². The van der Waals surface area contributed by atoms with E-state index in [-0.39, 0.29) is 0 Å². The fraction of sp³-hybridized carbons (Fsp3) is 0.455. The Morgan fingerprint density at radius 1 is 1.39 bits per heavy atom. The molecule has 0 fully saturated rings. The predicted molar refractivity (Wildman–Crippen MR) is 81.4 cm³/mol. The van der Waals surface area contributed by atoms with Gasteiger partial charge in [0.25, 0.3) is 0 Å². The van der Waals surface area contributed by atoms with Crippen LogP contribution in [0.15, 0.2) is 18.2 Å². The first-order valence-corrected chi connectivity index (χ1v) is 9.09. The molecule has 0 aliphatic rings. The van der Waals surface area contributed by atoms with E-state index in [0.29, 0.717) is 10.7 Å². The molecule has 0 atom stereocenters. The number of thioether (sulfide) groups is 1. The Hall–Kier alpha value is -0.590. The lowest BCUT2D eigenvalue weighted by atomic mass is 10.3. The maximum atomic E-state index is 11.1. The van der Waals surface area contributed by atoms with Gasteiger partial charge in [-0.3, -0.25) is 4.72 Å². The van der Waals surface area contributed by atoms with Gasteiger partial charge in [-0.25, -0.2) is 8.42 Å². The molecule has 2 N–H and O–H groups in total. The van der Waals surface area contributed by atoms with Crippen molar-refractivity contribution in [1.29, 1.82) is 0 Å². The van der Waals surface area contributed by atoms with Gasteiger partial charge in [0, 0.05) is 6.54 Å². The Kier molecular flexibility index (Phi) is 6.11. The van der Waals surface area contributed by atoms with E-state index >= 15 is 0 Å². The molecule has 1 aromatic rings. The maximum Gasteiger partial charge on any atom is 0.229 e. The van der Waals surface area contributed by atoms with Crippen LogP contribution in [0.5, 0.6) is 0 Å². The molecule has 0 spiro atoms. The number of rotatable bonds is 7. The van der Waals surface area contributed by atoms with Crippen LogP contribution in [0.3, 0.4) is 0 Å². The molecule has 1 aromatic carbocycles. The Morgan fingerprint density at radius 3 is 2.72 bits per heavy atom. The quantitative estimate of drug-likeness (QED) is 0.761. The van der Waals surface area contributed by atoms with E-state index in [9.17, 15) is 8.42 Å². The number of anilines is 2. The highest BCUT2D eigenvalue weighted by Gasteiger charge is 2.05. The Balaban J connectivity index is 2.69. The summed E-state index contributed by atoms with van der Waals surface area (Å²) in [5, 5.41) is 3.78. The lowest BCUT2D eigenvalue weighted by Gasteiger charge is -2.11. The van der Waals surface area contributed by atoms with Crippen molar-refractivity contribution < 1.29 is 8.42 Å². The van der Waals surface area contributed by atoms with Crippen molar-refractivity contribution in [2.75, 3.05) is 34.8 Å². The summed E-state index contributed by atoms with van der Waals surface area (Å²) >= 11 is 7.82. The van der Waals surface area contributed by atoms with E-state index in [4.69, 9.17) is 11.6 Å². The van der Waals surface area contributed by atoms with Crippen LogP contribution < -0.4 is 10.0 Å². The van der Waals surface area contributed by atoms with E-state index in [1.807, 2.05) is 0 Å². The average Bonchev–Trinajstić information content (AvgIpc) is 2.26. The molecule has 0 radical (unpaired) electrons. The third-order valence-corrected chi connectivity index (χ3v) is 3.74. The largest absolute Gasteiger partial charge is 0.384 e. The monoisotopic (exact) mass is 308 g/mol. The van der Waals surface area contributed by atoms with Crippen LogP contribution in [-0.2, 0) is 10.0 Å². The number of sulfonamides is 1. The SMILES string of the molecule is CSCCCNc1cc(NS(C)(=O)=O)ccc1Cl. The number of halogens is 1. The summed E-state index contributed by atoms with van der Waals surface area (Å²) in [6.07, 6.45) is 4.21. The van der Waals surface area contributed by atoms with Crippen molar-refractivity contribution in [1.82, 2.24) is 0 Å². The minimum Gasteiger partial charge on any atom is -0.384 e. The molecule has 102 valence electrons. The van der Waals surface area contributed by atoms with Gasteiger partial charge in [-0.15, -0.1) is 0 Å². The summed E-state index contributed by atoms with van der Waals surface area (Å²) in [7, 11) is -3.26. The summed E-state index contributed by atoms with van der Waals surface area (Å²) in [6.45, 7) is 0.808. The van der Waals surface area contributed by atoms with Gasteiger partial charge in [0.05, 0.1) is 22.7 Å². The third-order valence-electron chi connectivity index (χ3n) is 2.11. The van der Waals surface area contributed by atoms with Crippen molar-refractivity contribution in [3.8, 4) is 0 Å². The van der Waals surface area contributed by atoms with Crippen LogP contribution in [0, 0.1) is 0 Å². The fourth-order valence-electron chi connectivity index (χ4n) is 1.38. The van der Waals surface area contributed by atoms with Crippen LogP contribution >= 0.6 is 23.4 Å². The van der Waals surface area contributed by atoms with Crippen LogP contribution in [-0.4, -0.2) is 33.2 Å². The molecule has 0 amide bonds. The first-order valence-electron chi connectivity index (χ1n) is 5.42. The van der Waals surface area contributed by atoms with Gasteiger partial charge < -0.3 is 5.32 Å². The molecule has 4 nitrogen and oxygen atoms in total. The maximum absolute atomic E-state index is 11.1. The van der Waals surface area contributed by atoms with Gasteiger partial charge in [0.2, 0.25) is 10.0 Å². The zero-order valence-electron chi connectivity index (χ0n) is 10.4. The van der Waals surface area contributed by atoms with Crippen molar-refractivity contribution in [3.05, 3.63) is 23.2 Å². The average molecular weight is 309 g/mol. The van der Waals surface area contributed by atoms with Crippen LogP contribution in [0.4, 0.5) is 11.4 Å². The fourth-order valence-corrected chi connectivity index (χ4v) is 2.55. The summed E-state index contributed by atoms with van der Waals surface area (Å²) in [6, 6.07) is 5.00. The van der Waals surface area contributed by atoms with E-state index in [0.717, 1.165) is 30.7 Å². The molecule has 0 unspecified atom stereocenters. The molecule has 0 saturated carbocycles. The second-order valence-electron chi connectivity index (χ2n) is 3.84. The first kappa shape index (κ1) is 15.5. The molecular formula is C11H17ClN2O2S2. The molecular weight excluding hydrogens is 292 g/mol. The number of hydrogen-bond donors (Lipinski definition) is 2. The molecule has 0 heterocycles. The minimum atomic E-state index is -3.26. The molecule has 0 aromatic heterocycles. The predicted octanol–water partition coefficient (Wildman–Crippen LogP) is 2.88. The molecule has 0 aliphatic heterocycles. The van der Waals surface area contributed by atoms with Gasteiger partial charge >= 0.3 is 0 Å². The highest BCUT2D eigenvalue weighted by Crippen LogP contribution is 2.25. The Labute approximate surface area is 118 Å². The standard InChI is InChI=1S/C11H17ClN2O2S2/c1-17-7-3-6-13-11-8-9(4-5-10(11)12)14-18(2,15)16/h4-5,8,13-14H,3,6-7H2,1-2H3. The normalized spacial score (nSPS) is 11.3. The highest BCUT2D eigenvalue weighted by atomic mass is 35.5. The lowest BCUT2D eigenvalue weighted by Crippen LogP contribution is -2.10. The molecule has 18 heavy (non-hydrogen) atoms. The second-order valence-corrected chi connectivity index (χ2v) is 6.98. The molecule has 0 saturated heterocycles. The van der Waals surface area contributed by atoms with Crippen molar-refractivity contribution in [2.45, 2.75) is 6.42 Å². The minimum absolute atomic E-state index is 0.509. The number of hydrogen-bond acceptors (Lipinski definition) is 4. The van der Waals surface area contributed by atoms with E-state index < -0.39 is 10.0 Å². The van der Waals surface area contributed by atoms with Crippen LogP contribution in [0.25, 0.3) is 0 Å². The van der Waals surface area contributed by atoms with E-state index in [1.54, 1.807) is 30.0 Å². The molecule has 1 rings (SSSR count). The van der Waals surface area contributed by atoms with Gasteiger partial charge in [-0.05, 0) is 36.6 Å². The summed E-state index contributed by atoms with van der Waals surface area (Å²) < 4.78 is 24.7. The lowest BCUT2D eigenvalue weighted by molar-refractivity contribution is 0.607. The molecule has 0 bridgehead atoms. The molecule has 0 aliphatic carbocycles. The van der Waals surface area contributed by atoms with E-state index in [1.165, 1.54) is 0 Å². The van der Waals surface area contributed by atoms with Crippen LogP contribution in [0.1, 0.15) is 6.42 Å². The zero-order chi connectivity index (χ0) is 13.6. The summed E-state index contributed by atoms with van der Waals surface area (Å²) in [5.74, 6) is 1.08. The topological polar surface area (TPSA) is 58.2 Å². The summed E-state index contributed by atoms with van der Waals surface area (Å²) in [4.78, 5) is 0. The smallest absolute Gasteiger partial charge is 0.229 e. The number of benzene rings is 1. The Morgan fingerprint density at radius 2 is 2.11 bits per heavy atom. The van der Waals surface area contributed by atoms with Crippen molar-refractivity contribution in [3.63, 3.8) is 0 Å². The van der Waals surface area contributed by atoms with Gasteiger partial charge in [0.15, 0.2) is 0 Å². The second kappa shape index (κ2) is 7.11. The van der Waals surface area contributed by atoms with Gasteiger partial charge in [0.1, 0.15) is 0 Å². The van der Waals surface area contributed by atoms with Crippen molar-refractivity contribution >= 4 is 44.8 Å². The molecule has 7 heteroatoms. The van der Waals surface area contributed by atoms with Gasteiger partial charge in [-0.2, -0.15) is 11.8 Å². The van der Waals surface area contributed by atoms with E-state index in [2.05, 4.69) is 16.3 Å². The summed E-state index contributed by atoms with van der Waals surface area (Å²) in [5.41, 5.74) is 1.25.